The van der Waals surface area contributed by atoms with E-state index in [1.54, 1.807) is 4.68 Å². The van der Waals surface area contributed by atoms with Gasteiger partial charge in [-0.05, 0) is 74.0 Å². The normalized spacial score (nSPS) is 14.7. The summed E-state index contributed by atoms with van der Waals surface area (Å²) in [4.78, 5) is 15.3. The maximum Gasteiger partial charge on any atom is 0.238 e. The van der Waals surface area contributed by atoms with Crippen LogP contribution in [-0.4, -0.2) is 44.0 Å². The molecule has 0 saturated carbocycles. The van der Waals surface area contributed by atoms with Gasteiger partial charge in [0, 0.05) is 5.56 Å². The molecule has 0 bridgehead atoms. The first-order valence-electron chi connectivity index (χ1n) is 10.2. The molecule has 4 rings (SSSR count). The van der Waals surface area contributed by atoms with Crippen molar-refractivity contribution in [1.82, 2.24) is 20.2 Å². The van der Waals surface area contributed by atoms with Crippen molar-refractivity contribution in [1.29, 1.82) is 0 Å². The van der Waals surface area contributed by atoms with Crippen LogP contribution >= 0.6 is 11.8 Å². The van der Waals surface area contributed by atoms with Gasteiger partial charge >= 0.3 is 0 Å². The standard InChI is InChI=1S/C23H25N5O2S/c1-5-30-18-11-12-20-19(13-18)16(2)14-23(3,4)27(20)21(29)15-31-22-24-25-26-28(22)17-9-7-6-8-10-17/h6-14H,5,15H2,1-4H3. The quantitative estimate of drug-likeness (QED) is 0.535. The lowest BCUT2D eigenvalue weighted by molar-refractivity contribution is -0.116. The third-order valence-electron chi connectivity index (χ3n) is 5.11. The average Bonchev–Trinajstić information content (AvgIpc) is 3.21. The highest BCUT2D eigenvalue weighted by molar-refractivity contribution is 7.99. The summed E-state index contributed by atoms with van der Waals surface area (Å²) < 4.78 is 7.30. The van der Waals surface area contributed by atoms with Gasteiger partial charge in [-0.1, -0.05) is 36.0 Å². The van der Waals surface area contributed by atoms with Crippen LogP contribution in [0.1, 0.15) is 33.3 Å². The molecule has 0 unspecified atom stereocenters. The number of allylic oxidation sites excluding steroid dienone is 1. The van der Waals surface area contributed by atoms with Crippen molar-refractivity contribution in [2.45, 2.75) is 38.4 Å². The maximum atomic E-state index is 13.4. The first-order valence-corrected chi connectivity index (χ1v) is 11.2. The Labute approximate surface area is 186 Å². The van der Waals surface area contributed by atoms with E-state index in [4.69, 9.17) is 4.74 Å². The molecule has 3 aromatic rings. The molecule has 0 radical (unpaired) electrons. The van der Waals surface area contributed by atoms with Crippen LogP contribution in [0.4, 0.5) is 5.69 Å². The summed E-state index contributed by atoms with van der Waals surface area (Å²) in [6.07, 6.45) is 2.13. The van der Waals surface area contributed by atoms with E-state index in [1.165, 1.54) is 11.8 Å². The largest absolute Gasteiger partial charge is 0.494 e. The van der Waals surface area contributed by atoms with Gasteiger partial charge in [0.2, 0.25) is 11.1 Å². The van der Waals surface area contributed by atoms with Crippen LogP contribution < -0.4 is 9.64 Å². The van der Waals surface area contributed by atoms with E-state index in [0.29, 0.717) is 11.8 Å². The first kappa shape index (κ1) is 21.1. The Balaban J connectivity index is 1.59. The minimum atomic E-state index is -0.451. The van der Waals surface area contributed by atoms with Crippen molar-refractivity contribution in [2.24, 2.45) is 0 Å². The summed E-state index contributed by atoms with van der Waals surface area (Å²) in [6, 6.07) is 15.5. The SMILES string of the molecule is CCOc1ccc2c(c1)C(C)=CC(C)(C)N2C(=O)CSc1nnnn1-c1ccccc1. The Morgan fingerprint density at radius 2 is 1.94 bits per heavy atom. The number of anilines is 1. The molecule has 2 aromatic carbocycles. The van der Waals surface area contributed by atoms with Crippen molar-refractivity contribution >= 4 is 28.9 Å². The van der Waals surface area contributed by atoms with Gasteiger partial charge in [0.15, 0.2) is 0 Å². The molecular formula is C23H25N5O2S. The lowest BCUT2D eigenvalue weighted by atomic mass is 9.88. The average molecular weight is 436 g/mol. The molecule has 0 aliphatic carbocycles. The van der Waals surface area contributed by atoms with Crippen molar-refractivity contribution in [3.63, 3.8) is 0 Å². The Morgan fingerprint density at radius 3 is 2.68 bits per heavy atom. The van der Waals surface area contributed by atoms with Gasteiger partial charge in [-0.25, -0.2) is 0 Å². The Bertz CT molecular complexity index is 1120. The van der Waals surface area contributed by atoms with E-state index in [1.807, 2.05) is 74.2 Å². The Kier molecular flexibility index (Phi) is 5.82. The van der Waals surface area contributed by atoms with Crippen molar-refractivity contribution in [3.8, 4) is 11.4 Å². The number of benzene rings is 2. The third-order valence-corrected chi connectivity index (χ3v) is 6.01. The lowest BCUT2D eigenvalue weighted by Crippen LogP contribution is -2.49. The van der Waals surface area contributed by atoms with Gasteiger partial charge in [0.1, 0.15) is 5.75 Å². The van der Waals surface area contributed by atoms with Crippen LogP contribution in [0.5, 0.6) is 5.75 Å². The second-order valence-electron chi connectivity index (χ2n) is 7.82. The molecule has 2 heterocycles. The number of rotatable bonds is 6. The van der Waals surface area contributed by atoms with Gasteiger partial charge < -0.3 is 9.64 Å². The number of ether oxygens (including phenoxy) is 1. The molecular weight excluding hydrogens is 410 g/mol. The third kappa shape index (κ3) is 4.20. The number of thioether (sulfide) groups is 1. The fraction of sp³-hybridized carbons (Fsp3) is 0.304. The van der Waals surface area contributed by atoms with E-state index >= 15 is 0 Å². The topological polar surface area (TPSA) is 73.1 Å². The van der Waals surface area contributed by atoms with E-state index in [-0.39, 0.29) is 11.7 Å². The van der Waals surface area contributed by atoms with Crippen molar-refractivity contribution in [3.05, 3.63) is 60.2 Å². The van der Waals surface area contributed by atoms with Crippen LogP contribution in [0, 0.1) is 0 Å². The summed E-state index contributed by atoms with van der Waals surface area (Å²) in [5.41, 5.74) is 3.44. The predicted molar refractivity (Wildman–Crippen MR) is 123 cm³/mol. The molecule has 7 nitrogen and oxygen atoms in total. The number of aromatic nitrogens is 4. The van der Waals surface area contributed by atoms with Crippen molar-refractivity contribution < 1.29 is 9.53 Å². The predicted octanol–water partition coefficient (Wildman–Crippen LogP) is 4.38. The van der Waals surface area contributed by atoms with Gasteiger partial charge in [-0.3, -0.25) is 4.79 Å². The van der Waals surface area contributed by atoms with Gasteiger partial charge in [0.25, 0.3) is 0 Å². The van der Waals surface area contributed by atoms with Crippen LogP contribution in [0.25, 0.3) is 11.3 Å². The number of tetrazole rings is 1. The molecule has 0 saturated heterocycles. The molecule has 1 aromatic heterocycles. The first-order chi connectivity index (χ1) is 14.9. The molecule has 1 aliphatic heterocycles. The number of fused-ring (bicyclic) bond motifs is 1. The smallest absolute Gasteiger partial charge is 0.238 e. The molecule has 31 heavy (non-hydrogen) atoms. The molecule has 1 aliphatic rings. The number of hydrogen-bond donors (Lipinski definition) is 0. The fourth-order valence-corrected chi connectivity index (χ4v) is 4.65. The summed E-state index contributed by atoms with van der Waals surface area (Å²) >= 11 is 1.33. The number of hydrogen-bond acceptors (Lipinski definition) is 6. The zero-order valence-electron chi connectivity index (χ0n) is 18.1. The molecule has 0 N–H and O–H groups in total. The number of amides is 1. The molecule has 1 amide bonds. The summed E-state index contributed by atoms with van der Waals surface area (Å²) in [6.45, 7) is 8.73. The number of para-hydroxylation sites is 1. The summed E-state index contributed by atoms with van der Waals surface area (Å²) in [5, 5.41) is 12.5. The van der Waals surface area contributed by atoms with Gasteiger partial charge in [-0.2, -0.15) is 4.68 Å². The molecule has 0 atom stereocenters. The van der Waals surface area contributed by atoms with E-state index < -0.39 is 5.54 Å². The minimum Gasteiger partial charge on any atom is -0.494 e. The molecule has 8 heteroatoms. The number of carbonyl (C=O) groups is 1. The molecule has 0 fully saturated rings. The summed E-state index contributed by atoms with van der Waals surface area (Å²) in [7, 11) is 0. The summed E-state index contributed by atoms with van der Waals surface area (Å²) in [5.74, 6) is 1.01. The number of carbonyl (C=O) groups excluding carboxylic acids is 1. The Morgan fingerprint density at radius 1 is 1.16 bits per heavy atom. The zero-order valence-corrected chi connectivity index (χ0v) is 18.9. The zero-order chi connectivity index (χ0) is 22.0. The second kappa shape index (κ2) is 8.55. The minimum absolute atomic E-state index is 0.00762. The van der Waals surface area contributed by atoms with E-state index in [2.05, 4.69) is 28.5 Å². The molecule has 0 spiro atoms. The number of nitrogens with zero attached hydrogens (tertiary/aromatic N) is 5. The highest BCUT2D eigenvalue weighted by atomic mass is 32.2. The van der Waals surface area contributed by atoms with Gasteiger partial charge in [-0.15, -0.1) is 5.10 Å². The highest BCUT2D eigenvalue weighted by Gasteiger charge is 2.36. The fourth-order valence-electron chi connectivity index (χ4n) is 3.91. The van der Waals surface area contributed by atoms with Crippen LogP contribution in [0.3, 0.4) is 0 Å². The van der Waals surface area contributed by atoms with E-state index in [0.717, 1.165) is 28.3 Å². The molecule has 160 valence electrons. The van der Waals surface area contributed by atoms with Crippen LogP contribution in [0.15, 0.2) is 59.8 Å². The monoisotopic (exact) mass is 435 g/mol. The highest BCUT2D eigenvalue weighted by Crippen LogP contribution is 2.41. The Hall–Kier alpha value is -3.13. The maximum absolute atomic E-state index is 13.4. The van der Waals surface area contributed by atoms with Crippen LogP contribution in [-0.2, 0) is 4.79 Å². The lowest BCUT2D eigenvalue weighted by Gasteiger charge is -2.41. The van der Waals surface area contributed by atoms with Crippen LogP contribution in [0.2, 0.25) is 0 Å². The van der Waals surface area contributed by atoms with E-state index in [9.17, 15) is 4.79 Å². The van der Waals surface area contributed by atoms with Gasteiger partial charge in [0.05, 0.1) is 29.3 Å². The second-order valence-corrected chi connectivity index (χ2v) is 8.76. The van der Waals surface area contributed by atoms with Crippen molar-refractivity contribution in [2.75, 3.05) is 17.3 Å².